The molecule has 5 rings (SSSR count). The van der Waals surface area contributed by atoms with E-state index < -0.39 is 0 Å². The van der Waals surface area contributed by atoms with Crippen molar-refractivity contribution in [3.63, 3.8) is 0 Å². The monoisotopic (exact) mass is 379 g/mol. The fraction of sp³-hybridized carbons (Fsp3) is 0.429. The van der Waals surface area contributed by atoms with Crippen LogP contribution in [0.3, 0.4) is 0 Å². The van der Waals surface area contributed by atoms with E-state index >= 15 is 0 Å². The van der Waals surface area contributed by atoms with Crippen molar-refractivity contribution in [1.29, 1.82) is 0 Å². The minimum absolute atomic E-state index is 0.0808. The normalized spacial score (nSPS) is 20.2. The molecule has 1 saturated heterocycles. The molecular formula is C21H25N5O2. The van der Waals surface area contributed by atoms with Gasteiger partial charge in [-0.2, -0.15) is 0 Å². The molecule has 2 aliphatic rings. The fourth-order valence-electron chi connectivity index (χ4n) is 4.20. The molecule has 2 aliphatic heterocycles. The van der Waals surface area contributed by atoms with E-state index in [1.807, 2.05) is 28.9 Å². The Morgan fingerprint density at radius 1 is 1.21 bits per heavy atom. The van der Waals surface area contributed by atoms with Crippen molar-refractivity contribution in [3.05, 3.63) is 47.5 Å². The number of benzene rings is 2. The molecule has 3 heterocycles. The van der Waals surface area contributed by atoms with Gasteiger partial charge in [-0.05, 0) is 41.8 Å². The summed E-state index contributed by atoms with van der Waals surface area (Å²) in [4.78, 5) is 2.47. The Morgan fingerprint density at radius 2 is 2.07 bits per heavy atom. The summed E-state index contributed by atoms with van der Waals surface area (Å²) in [6.45, 7) is 5.88. The van der Waals surface area contributed by atoms with Crippen molar-refractivity contribution in [1.82, 2.24) is 25.2 Å². The number of methoxy groups -OCH3 is 1. The predicted molar refractivity (Wildman–Crippen MR) is 107 cm³/mol. The molecule has 7 heteroatoms. The van der Waals surface area contributed by atoms with Gasteiger partial charge in [0.1, 0.15) is 17.0 Å². The van der Waals surface area contributed by atoms with E-state index in [9.17, 15) is 0 Å². The molecular weight excluding hydrogens is 354 g/mol. The van der Waals surface area contributed by atoms with Gasteiger partial charge in [0, 0.05) is 32.7 Å². The van der Waals surface area contributed by atoms with E-state index in [1.165, 1.54) is 11.1 Å². The molecule has 0 bridgehead atoms. The Labute approximate surface area is 164 Å². The van der Waals surface area contributed by atoms with Gasteiger partial charge >= 0.3 is 0 Å². The zero-order valence-electron chi connectivity index (χ0n) is 16.1. The van der Waals surface area contributed by atoms with Crippen LogP contribution >= 0.6 is 0 Å². The average molecular weight is 379 g/mol. The van der Waals surface area contributed by atoms with Gasteiger partial charge in [0.15, 0.2) is 0 Å². The van der Waals surface area contributed by atoms with Gasteiger partial charge in [-0.25, -0.2) is 4.68 Å². The SMILES string of the molecule is COc1cc2c(cc1-n1nnc3ccccc31)CCOC2CN1CCNCC1. The van der Waals surface area contributed by atoms with Crippen molar-refractivity contribution < 1.29 is 9.47 Å². The van der Waals surface area contributed by atoms with Gasteiger partial charge in [0.25, 0.3) is 0 Å². The lowest BCUT2D eigenvalue weighted by atomic mass is 9.95. The first-order valence-electron chi connectivity index (χ1n) is 9.90. The number of hydrogen-bond donors (Lipinski definition) is 1. The van der Waals surface area contributed by atoms with Gasteiger partial charge in [0.2, 0.25) is 0 Å². The van der Waals surface area contributed by atoms with Crippen LogP contribution in [0.5, 0.6) is 5.75 Å². The maximum atomic E-state index is 6.16. The third kappa shape index (κ3) is 3.15. The summed E-state index contributed by atoms with van der Waals surface area (Å²) in [6.07, 6.45) is 0.981. The summed E-state index contributed by atoms with van der Waals surface area (Å²) < 4.78 is 13.8. The lowest BCUT2D eigenvalue weighted by Crippen LogP contribution is -2.45. The Hall–Kier alpha value is -2.48. The van der Waals surface area contributed by atoms with Crippen molar-refractivity contribution in [2.75, 3.05) is 46.4 Å². The van der Waals surface area contributed by atoms with Gasteiger partial charge in [-0.1, -0.05) is 17.3 Å². The Bertz CT molecular complexity index is 980. The third-order valence-electron chi connectivity index (χ3n) is 5.69. The molecule has 146 valence electrons. The summed E-state index contributed by atoms with van der Waals surface area (Å²) in [5, 5.41) is 12.1. The summed E-state index contributed by atoms with van der Waals surface area (Å²) in [7, 11) is 1.71. The van der Waals surface area contributed by atoms with Crippen LogP contribution in [0.2, 0.25) is 0 Å². The summed E-state index contributed by atoms with van der Waals surface area (Å²) in [5.74, 6) is 0.796. The molecule has 2 aromatic carbocycles. The second kappa shape index (κ2) is 7.50. The number of hydrogen-bond acceptors (Lipinski definition) is 6. The number of fused-ring (bicyclic) bond motifs is 2. The molecule has 1 unspecified atom stereocenters. The van der Waals surface area contributed by atoms with Crippen molar-refractivity contribution in [2.24, 2.45) is 0 Å². The predicted octanol–water partition coefficient (Wildman–Crippen LogP) is 1.95. The smallest absolute Gasteiger partial charge is 0.145 e. The number of aromatic nitrogens is 3. The van der Waals surface area contributed by atoms with E-state index in [0.717, 1.165) is 68.2 Å². The Morgan fingerprint density at radius 3 is 2.93 bits per heavy atom. The molecule has 1 N–H and O–H groups in total. The van der Waals surface area contributed by atoms with Crippen molar-refractivity contribution >= 4 is 11.0 Å². The number of ether oxygens (including phenoxy) is 2. The third-order valence-corrected chi connectivity index (χ3v) is 5.69. The van der Waals surface area contributed by atoms with E-state index in [4.69, 9.17) is 9.47 Å². The number of rotatable bonds is 4. The highest BCUT2D eigenvalue weighted by atomic mass is 16.5. The molecule has 1 fully saturated rings. The number of para-hydroxylation sites is 1. The lowest BCUT2D eigenvalue weighted by Gasteiger charge is -2.34. The maximum absolute atomic E-state index is 6.16. The van der Waals surface area contributed by atoms with E-state index in [2.05, 4.69) is 32.7 Å². The van der Waals surface area contributed by atoms with Crippen LogP contribution in [0.1, 0.15) is 17.2 Å². The van der Waals surface area contributed by atoms with Crippen LogP contribution in [0, 0.1) is 0 Å². The highest BCUT2D eigenvalue weighted by Crippen LogP contribution is 2.36. The second-order valence-electron chi connectivity index (χ2n) is 7.37. The zero-order chi connectivity index (χ0) is 18.9. The molecule has 0 radical (unpaired) electrons. The van der Waals surface area contributed by atoms with Crippen LogP contribution in [0.25, 0.3) is 16.7 Å². The molecule has 0 spiro atoms. The zero-order valence-corrected chi connectivity index (χ0v) is 16.1. The molecule has 3 aromatic rings. The number of nitrogens with zero attached hydrogens (tertiary/aromatic N) is 4. The molecule has 7 nitrogen and oxygen atoms in total. The Balaban J connectivity index is 1.53. The fourth-order valence-corrected chi connectivity index (χ4v) is 4.20. The summed E-state index contributed by atoms with van der Waals surface area (Å²) in [6, 6.07) is 12.3. The van der Waals surface area contributed by atoms with Crippen LogP contribution in [0.4, 0.5) is 0 Å². The minimum Gasteiger partial charge on any atom is -0.494 e. The number of piperazine rings is 1. The average Bonchev–Trinajstić information content (AvgIpc) is 3.18. The summed E-state index contributed by atoms with van der Waals surface area (Å²) in [5.41, 5.74) is 5.32. The molecule has 0 amide bonds. The lowest BCUT2D eigenvalue weighted by molar-refractivity contribution is 0.0134. The molecule has 0 aliphatic carbocycles. The Kier molecular flexibility index (Phi) is 4.72. The molecule has 0 saturated carbocycles. The maximum Gasteiger partial charge on any atom is 0.145 e. The molecule has 1 aromatic heterocycles. The minimum atomic E-state index is 0.0808. The number of nitrogens with one attached hydrogen (secondary N) is 1. The highest BCUT2D eigenvalue weighted by molar-refractivity contribution is 5.76. The first kappa shape index (κ1) is 17.6. The van der Waals surface area contributed by atoms with Crippen LogP contribution in [0.15, 0.2) is 36.4 Å². The first-order chi connectivity index (χ1) is 13.8. The van der Waals surface area contributed by atoms with Gasteiger partial charge < -0.3 is 14.8 Å². The van der Waals surface area contributed by atoms with Crippen LogP contribution in [-0.4, -0.2) is 66.3 Å². The second-order valence-corrected chi connectivity index (χ2v) is 7.37. The topological polar surface area (TPSA) is 64.4 Å². The largest absolute Gasteiger partial charge is 0.494 e. The van der Waals surface area contributed by atoms with Crippen molar-refractivity contribution in [3.8, 4) is 11.4 Å². The van der Waals surface area contributed by atoms with Crippen LogP contribution < -0.4 is 10.1 Å². The van der Waals surface area contributed by atoms with Gasteiger partial charge in [-0.15, -0.1) is 5.10 Å². The first-order valence-corrected chi connectivity index (χ1v) is 9.90. The van der Waals surface area contributed by atoms with E-state index in [-0.39, 0.29) is 6.10 Å². The molecule has 28 heavy (non-hydrogen) atoms. The highest BCUT2D eigenvalue weighted by Gasteiger charge is 2.26. The quantitative estimate of drug-likeness (QED) is 0.748. The standard InChI is InChI=1S/C21H25N5O2/c1-27-20-13-16-15(6-11-28-21(16)14-25-9-7-22-8-10-25)12-19(20)26-18-5-3-2-4-17(18)23-24-26/h2-5,12-13,21-22H,6-11,14H2,1H3. The van der Waals surface area contributed by atoms with Crippen molar-refractivity contribution in [2.45, 2.75) is 12.5 Å². The molecule has 1 atom stereocenters. The van der Waals surface area contributed by atoms with E-state index in [0.29, 0.717) is 0 Å². The van der Waals surface area contributed by atoms with Crippen LogP contribution in [-0.2, 0) is 11.2 Å². The summed E-state index contributed by atoms with van der Waals surface area (Å²) >= 11 is 0. The van der Waals surface area contributed by atoms with Gasteiger partial charge in [0.05, 0.1) is 25.3 Å². The van der Waals surface area contributed by atoms with E-state index in [1.54, 1.807) is 7.11 Å². The van der Waals surface area contributed by atoms with Gasteiger partial charge in [-0.3, -0.25) is 4.90 Å².